The first-order valence-electron chi connectivity index (χ1n) is 9.71. The Labute approximate surface area is 165 Å². The van der Waals surface area contributed by atoms with Crippen LogP contribution in [0.4, 0.5) is 11.4 Å². The third-order valence-corrected chi connectivity index (χ3v) is 5.74. The average molecular weight is 364 g/mol. The van der Waals surface area contributed by atoms with E-state index in [2.05, 4.69) is 111 Å². The molecular weight excluding hydrogens is 340 g/mol. The molecule has 0 amide bonds. The van der Waals surface area contributed by atoms with Crippen LogP contribution in [0.1, 0.15) is 0 Å². The zero-order chi connectivity index (χ0) is 19.4. The number of anilines is 2. The normalized spacial score (nSPS) is 11.6. The van der Waals surface area contributed by atoms with Gasteiger partial charge >= 0.3 is 0 Å². The van der Waals surface area contributed by atoms with Gasteiger partial charge in [-0.2, -0.15) is 0 Å². The molecule has 0 aromatic heterocycles. The molecule has 0 atom stereocenters. The van der Waals surface area contributed by atoms with E-state index in [4.69, 9.17) is 0 Å². The zero-order valence-corrected chi connectivity index (χ0v) is 16.8. The summed E-state index contributed by atoms with van der Waals surface area (Å²) in [5.41, 5.74) is 2.58. The van der Waals surface area contributed by atoms with Gasteiger partial charge in [0.15, 0.2) is 0 Å². The summed E-state index contributed by atoms with van der Waals surface area (Å²) in [5.74, 6) is 0. The lowest BCUT2D eigenvalue weighted by molar-refractivity contribution is 1.14. The number of benzene rings is 5. The van der Waals surface area contributed by atoms with Crippen molar-refractivity contribution >= 4 is 54.5 Å². The van der Waals surface area contributed by atoms with Crippen LogP contribution >= 0.6 is 0 Å². The quantitative estimate of drug-likeness (QED) is 0.202. The number of rotatable bonds is 2. The van der Waals surface area contributed by atoms with E-state index >= 15 is 0 Å². The zero-order valence-electron chi connectivity index (χ0n) is 16.8. The van der Waals surface area contributed by atoms with E-state index in [0.717, 1.165) is 0 Å². The molecule has 138 valence electrons. The summed E-state index contributed by atoms with van der Waals surface area (Å²) in [5, 5.41) is 10.4. The summed E-state index contributed by atoms with van der Waals surface area (Å²) in [7, 11) is 8.61. The standard InChI is InChI=1S/C26H24N2/c1-27(2)25-21-15-13-18-10-6-8-12-20(18)24(21)26(28(3)4)22-16-14-17-9-5-7-11-19(17)23(22)25/h5-16H,1-4H3. The average Bonchev–Trinajstić information content (AvgIpc) is 2.71. The maximum Gasteiger partial charge on any atom is 0.0528 e. The van der Waals surface area contributed by atoms with Crippen molar-refractivity contribution in [3.8, 4) is 0 Å². The van der Waals surface area contributed by atoms with Gasteiger partial charge in [0.25, 0.3) is 0 Å². The van der Waals surface area contributed by atoms with Gasteiger partial charge in [-0.05, 0) is 21.5 Å². The van der Waals surface area contributed by atoms with Gasteiger partial charge in [0.1, 0.15) is 0 Å². The molecule has 0 N–H and O–H groups in total. The van der Waals surface area contributed by atoms with Crippen molar-refractivity contribution in [2.24, 2.45) is 0 Å². The molecule has 0 saturated heterocycles. The molecule has 0 heterocycles. The van der Waals surface area contributed by atoms with Crippen molar-refractivity contribution in [1.82, 2.24) is 0 Å². The third kappa shape index (κ3) is 2.27. The minimum absolute atomic E-state index is 1.28. The number of hydrogen-bond donors (Lipinski definition) is 0. The van der Waals surface area contributed by atoms with Gasteiger partial charge in [0.05, 0.1) is 11.4 Å². The fraction of sp³-hybridized carbons (Fsp3) is 0.154. The van der Waals surface area contributed by atoms with Gasteiger partial charge in [0.2, 0.25) is 0 Å². The van der Waals surface area contributed by atoms with Crippen LogP contribution in [-0.4, -0.2) is 28.2 Å². The molecule has 0 spiro atoms. The number of fused-ring (bicyclic) bond motifs is 6. The maximum atomic E-state index is 2.29. The topological polar surface area (TPSA) is 6.48 Å². The Morgan fingerprint density at radius 1 is 0.429 bits per heavy atom. The lowest BCUT2D eigenvalue weighted by Gasteiger charge is -2.26. The van der Waals surface area contributed by atoms with E-state index in [9.17, 15) is 0 Å². The highest BCUT2D eigenvalue weighted by Crippen LogP contribution is 2.47. The molecular formula is C26H24N2. The minimum Gasteiger partial charge on any atom is -0.377 e. The molecule has 0 saturated carbocycles. The van der Waals surface area contributed by atoms with E-state index in [-0.39, 0.29) is 0 Å². The molecule has 5 aromatic rings. The summed E-state index contributed by atoms with van der Waals surface area (Å²) >= 11 is 0. The van der Waals surface area contributed by atoms with Crippen molar-refractivity contribution in [2.45, 2.75) is 0 Å². The Morgan fingerprint density at radius 2 is 0.821 bits per heavy atom. The molecule has 0 aliphatic rings. The highest BCUT2D eigenvalue weighted by Gasteiger charge is 2.20. The Hall–Kier alpha value is -3.26. The summed E-state index contributed by atoms with van der Waals surface area (Å²) in [6, 6.07) is 26.5. The first-order valence-corrected chi connectivity index (χ1v) is 9.71. The smallest absolute Gasteiger partial charge is 0.0528 e. The van der Waals surface area contributed by atoms with Crippen LogP contribution in [-0.2, 0) is 0 Å². The second kappa shape index (κ2) is 6.13. The summed E-state index contributed by atoms with van der Waals surface area (Å²) in [4.78, 5) is 4.54. The van der Waals surface area contributed by atoms with E-state index < -0.39 is 0 Å². The molecule has 2 heteroatoms. The van der Waals surface area contributed by atoms with Crippen LogP contribution in [0.3, 0.4) is 0 Å². The molecule has 28 heavy (non-hydrogen) atoms. The van der Waals surface area contributed by atoms with E-state index in [1.807, 2.05) is 0 Å². The minimum atomic E-state index is 1.28. The summed E-state index contributed by atoms with van der Waals surface area (Å²) in [6.45, 7) is 0. The Bertz CT molecular complexity index is 1260. The first-order chi connectivity index (χ1) is 13.6. The van der Waals surface area contributed by atoms with Gasteiger partial charge in [0, 0.05) is 49.7 Å². The van der Waals surface area contributed by atoms with Crippen LogP contribution in [0.2, 0.25) is 0 Å². The lowest BCUT2D eigenvalue weighted by atomic mass is 9.91. The van der Waals surface area contributed by atoms with Crippen LogP contribution in [0.25, 0.3) is 43.1 Å². The van der Waals surface area contributed by atoms with Crippen molar-refractivity contribution in [3.63, 3.8) is 0 Å². The SMILES string of the molecule is CN(C)c1c2ccc3ccccc3c2c(N(C)C)c2ccc3ccccc3c12. The van der Waals surface area contributed by atoms with Crippen LogP contribution in [0, 0.1) is 0 Å². The van der Waals surface area contributed by atoms with Gasteiger partial charge in [-0.25, -0.2) is 0 Å². The largest absolute Gasteiger partial charge is 0.377 e. The number of nitrogens with zero attached hydrogens (tertiary/aromatic N) is 2. The fourth-order valence-corrected chi connectivity index (χ4v) is 4.65. The van der Waals surface area contributed by atoms with E-state index in [1.165, 1.54) is 54.5 Å². The summed E-state index contributed by atoms with van der Waals surface area (Å²) < 4.78 is 0. The number of hydrogen-bond acceptors (Lipinski definition) is 2. The third-order valence-electron chi connectivity index (χ3n) is 5.74. The van der Waals surface area contributed by atoms with Crippen LogP contribution in [0.5, 0.6) is 0 Å². The van der Waals surface area contributed by atoms with Crippen molar-refractivity contribution in [1.29, 1.82) is 0 Å². The molecule has 0 aliphatic heterocycles. The fourth-order valence-electron chi connectivity index (χ4n) is 4.65. The Morgan fingerprint density at radius 3 is 1.21 bits per heavy atom. The second-order valence-electron chi connectivity index (χ2n) is 7.90. The van der Waals surface area contributed by atoms with E-state index in [0.29, 0.717) is 0 Å². The van der Waals surface area contributed by atoms with Gasteiger partial charge in [-0.3, -0.25) is 0 Å². The summed E-state index contributed by atoms with van der Waals surface area (Å²) in [6.07, 6.45) is 0. The predicted molar refractivity (Wildman–Crippen MR) is 125 cm³/mol. The molecule has 5 aromatic carbocycles. The van der Waals surface area contributed by atoms with Crippen LogP contribution < -0.4 is 9.80 Å². The predicted octanol–water partition coefficient (Wildman–Crippen LogP) is 6.43. The van der Waals surface area contributed by atoms with Crippen molar-refractivity contribution in [3.05, 3.63) is 72.8 Å². The van der Waals surface area contributed by atoms with Crippen molar-refractivity contribution in [2.75, 3.05) is 38.0 Å². The lowest BCUT2D eigenvalue weighted by Crippen LogP contribution is -2.14. The molecule has 5 rings (SSSR count). The molecule has 0 aliphatic carbocycles. The molecule has 2 nitrogen and oxygen atoms in total. The Balaban J connectivity index is 2.18. The molecule has 0 unspecified atom stereocenters. The molecule has 0 fully saturated rings. The maximum absolute atomic E-state index is 2.29. The van der Waals surface area contributed by atoms with Crippen LogP contribution in [0.15, 0.2) is 72.8 Å². The van der Waals surface area contributed by atoms with Gasteiger partial charge in [-0.1, -0.05) is 72.8 Å². The first kappa shape index (κ1) is 16.9. The Kier molecular flexibility index (Phi) is 3.70. The molecule has 0 bridgehead atoms. The van der Waals surface area contributed by atoms with Gasteiger partial charge in [-0.15, -0.1) is 0 Å². The van der Waals surface area contributed by atoms with Crippen molar-refractivity contribution < 1.29 is 0 Å². The highest BCUT2D eigenvalue weighted by atomic mass is 15.1. The monoisotopic (exact) mass is 364 g/mol. The van der Waals surface area contributed by atoms with E-state index in [1.54, 1.807) is 0 Å². The highest BCUT2D eigenvalue weighted by molar-refractivity contribution is 6.31. The molecule has 0 radical (unpaired) electrons. The second-order valence-corrected chi connectivity index (χ2v) is 7.90. The van der Waals surface area contributed by atoms with Gasteiger partial charge < -0.3 is 9.80 Å².